The summed E-state index contributed by atoms with van der Waals surface area (Å²) in [5.41, 5.74) is 2.17. The number of hydrogen-bond donors (Lipinski definition) is 0. The number of rotatable bonds is 6. The third-order valence-corrected chi connectivity index (χ3v) is 6.47. The van der Waals surface area contributed by atoms with Crippen molar-refractivity contribution in [3.8, 4) is 22.7 Å². The Kier molecular flexibility index (Phi) is 6.37. The third-order valence-electron chi connectivity index (χ3n) is 6.47. The van der Waals surface area contributed by atoms with E-state index in [9.17, 15) is 14.9 Å². The second-order valence-electron chi connectivity index (χ2n) is 8.59. The Labute approximate surface area is 202 Å². The van der Waals surface area contributed by atoms with Crippen LogP contribution in [0.1, 0.15) is 12.8 Å². The van der Waals surface area contributed by atoms with Gasteiger partial charge in [0.25, 0.3) is 11.2 Å². The Balaban J connectivity index is 1.71. The molecule has 5 rings (SSSR count). The van der Waals surface area contributed by atoms with E-state index in [1.165, 1.54) is 10.7 Å². The molecule has 0 unspecified atom stereocenters. The number of nitro groups is 1. The lowest BCUT2D eigenvalue weighted by molar-refractivity contribution is -0.384. The van der Waals surface area contributed by atoms with Gasteiger partial charge in [-0.3, -0.25) is 14.9 Å². The molecule has 35 heavy (non-hydrogen) atoms. The van der Waals surface area contributed by atoms with Gasteiger partial charge in [-0.25, -0.2) is 0 Å². The molecule has 0 spiro atoms. The standard InChI is InChI=1S/C25H27N5O5/c1-34-20-6-4-5-18(15-20)21-17-24(28-9-2-3-10-28)25(31)29(26-21)23-16-19(7-8-22(23)30(32)33)27-11-13-35-14-12-27/h4-8,15-17H,2-3,9-14H2,1H3. The second kappa shape index (κ2) is 9.75. The summed E-state index contributed by atoms with van der Waals surface area (Å²) in [7, 11) is 1.59. The predicted octanol–water partition coefficient (Wildman–Crippen LogP) is 3.25. The molecule has 1 aromatic heterocycles. The molecule has 3 heterocycles. The summed E-state index contributed by atoms with van der Waals surface area (Å²) < 4.78 is 12.0. The molecule has 2 saturated heterocycles. The predicted molar refractivity (Wildman–Crippen MR) is 133 cm³/mol. The van der Waals surface area contributed by atoms with Crippen molar-refractivity contribution in [2.75, 3.05) is 56.3 Å². The van der Waals surface area contributed by atoms with E-state index in [0.717, 1.165) is 37.2 Å². The molecule has 0 radical (unpaired) electrons. The number of morpholine rings is 1. The summed E-state index contributed by atoms with van der Waals surface area (Å²) in [6.07, 6.45) is 1.98. The van der Waals surface area contributed by atoms with Gasteiger partial charge in [0.2, 0.25) is 0 Å². The Morgan fingerprint density at radius 2 is 1.74 bits per heavy atom. The molecule has 0 N–H and O–H groups in total. The van der Waals surface area contributed by atoms with Crippen molar-refractivity contribution in [3.05, 3.63) is 69.0 Å². The molecule has 0 amide bonds. The number of methoxy groups -OCH3 is 1. The van der Waals surface area contributed by atoms with E-state index >= 15 is 0 Å². The van der Waals surface area contributed by atoms with E-state index in [1.54, 1.807) is 25.3 Å². The molecular formula is C25H27N5O5. The fourth-order valence-electron chi connectivity index (χ4n) is 4.61. The number of nitrogens with zero attached hydrogens (tertiary/aromatic N) is 5. The highest BCUT2D eigenvalue weighted by atomic mass is 16.6. The minimum absolute atomic E-state index is 0.147. The van der Waals surface area contributed by atoms with Gasteiger partial charge in [-0.15, -0.1) is 0 Å². The van der Waals surface area contributed by atoms with E-state index in [0.29, 0.717) is 43.4 Å². The lowest BCUT2D eigenvalue weighted by Crippen LogP contribution is -2.36. The first kappa shape index (κ1) is 22.9. The van der Waals surface area contributed by atoms with Crippen LogP contribution in [0.25, 0.3) is 16.9 Å². The molecule has 2 aliphatic rings. The van der Waals surface area contributed by atoms with Gasteiger partial charge in [-0.05, 0) is 43.2 Å². The van der Waals surface area contributed by atoms with Gasteiger partial charge < -0.3 is 19.3 Å². The monoisotopic (exact) mass is 477 g/mol. The quantitative estimate of drug-likeness (QED) is 0.394. The fourth-order valence-corrected chi connectivity index (χ4v) is 4.61. The molecule has 0 aliphatic carbocycles. The van der Waals surface area contributed by atoms with E-state index < -0.39 is 4.92 Å². The smallest absolute Gasteiger partial charge is 0.295 e. The van der Waals surface area contributed by atoms with Crippen LogP contribution < -0.4 is 20.1 Å². The van der Waals surface area contributed by atoms with E-state index in [2.05, 4.69) is 10.00 Å². The van der Waals surface area contributed by atoms with Crippen molar-refractivity contribution in [2.24, 2.45) is 0 Å². The fraction of sp³-hybridized carbons (Fsp3) is 0.360. The number of ether oxygens (including phenoxy) is 2. The molecule has 2 aliphatic heterocycles. The average molecular weight is 478 g/mol. The van der Waals surface area contributed by atoms with Crippen LogP contribution in [0.15, 0.2) is 53.3 Å². The Morgan fingerprint density at radius 1 is 0.971 bits per heavy atom. The second-order valence-corrected chi connectivity index (χ2v) is 8.59. The summed E-state index contributed by atoms with van der Waals surface area (Å²) in [5.74, 6) is 0.657. The maximum Gasteiger partial charge on any atom is 0.295 e. The normalized spacial score (nSPS) is 15.9. The van der Waals surface area contributed by atoms with Gasteiger partial charge in [0.1, 0.15) is 17.1 Å². The van der Waals surface area contributed by atoms with Gasteiger partial charge in [-0.2, -0.15) is 9.78 Å². The van der Waals surface area contributed by atoms with Crippen LogP contribution in [-0.4, -0.2) is 61.2 Å². The molecule has 10 nitrogen and oxygen atoms in total. The number of nitro benzene ring substituents is 1. The van der Waals surface area contributed by atoms with Gasteiger partial charge >= 0.3 is 0 Å². The topological polar surface area (TPSA) is 103 Å². The molecule has 3 aromatic rings. The van der Waals surface area contributed by atoms with Crippen LogP contribution in [0.4, 0.5) is 17.1 Å². The summed E-state index contributed by atoms with van der Waals surface area (Å²) in [5, 5.41) is 16.6. The number of benzene rings is 2. The largest absolute Gasteiger partial charge is 0.497 e. The summed E-state index contributed by atoms with van der Waals surface area (Å²) in [6.45, 7) is 4.01. The first-order valence-corrected chi connectivity index (χ1v) is 11.7. The maximum absolute atomic E-state index is 13.7. The van der Waals surface area contributed by atoms with Crippen molar-refractivity contribution < 1.29 is 14.4 Å². The van der Waals surface area contributed by atoms with Crippen LogP contribution in [0.5, 0.6) is 5.75 Å². The number of anilines is 2. The average Bonchev–Trinajstić information content (AvgIpc) is 3.44. The SMILES string of the molecule is COc1cccc(-c2cc(N3CCCC3)c(=O)n(-c3cc(N4CCOCC4)ccc3[N+](=O)[O-])n2)c1. The minimum atomic E-state index is -0.472. The highest BCUT2D eigenvalue weighted by molar-refractivity contribution is 5.68. The first-order valence-electron chi connectivity index (χ1n) is 11.7. The van der Waals surface area contributed by atoms with Crippen LogP contribution in [0, 0.1) is 10.1 Å². The maximum atomic E-state index is 13.7. The summed E-state index contributed by atoms with van der Waals surface area (Å²) >= 11 is 0. The molecule has 0 bridgehead atoms. The molecular weight excluding hydrogens is 450 g/mol. The lowest BCUT2D eigenvalue weighted by Gasteiger charge is -2.29. The number of aromatic nitrogens is 2. The molecule has 2 aromatic carbocycles. The van der Waals surface area contributed by atoms with Gasteiger partial charge in [0, 0.05) is 43.5 Å². The van der Waals surface area contributed by atoms with E-state index in [4.69, 9.17) is 9.47 Å². The van der Waals surface area contributed by atoms with Crippen LogP contribution in [0.3, 0.4) is 0 Å². The molecule has 2 fully saturated rings. The van der Waals surface area contributed by atoms with Crippen molar-refractivity contribution in [2.45, 2.75) is 12.8 Å². The van der Waals surface area contributed by atoms with E-state index in [-0.39, 0.29) is 16.9 Å². The van der Waals surface area contributed by atoms with Gasteiger partial charge in [0.15, 0.2) is 0 Å². The van der Waals surface area contributed by atoms with Crippen molar-refractivity contribution >= 4 is 17.1 Å². The Hall–Kier alpha value is -3.92. The zero-order valence-electron chi connectivity index (χ0n) is 19.6. The van der Waals surface area contributed by atoms with Gasteiger partial charge in [-0.1, -0.05) is 12.1 Å². The minimum Gasteiger partial charge on any atom is -0.497 e. The summed E-state index contributed by atoms with van der Waals surface area (Å²) in [4.78, 5) is 29.3. The molecule has 0 saturated carbocycles. The number of hydrogen-bond acceptors (Lipinski definition) is 8. The first-order chi connectivity index (χ1) is 17.0. The van der Waals surface area contributed by atoms with Crippen molar-refractivity contribution in [1.29, 1.82) is 0 Å². The van der Waals surface area contributed by atoms with Crippen molar-refractivity contribution in [1.82, 2.24) is 9.78 Å². The van der Waals surface area contributed by atoms with Crippen molar-refractivity contribution in [3.63, 3.8) is 0 Å². The Bertz CT molecular complexity index is 1300. The Morgan fingerprint density at radius 3 is 2.46 bits per heavy atom. The highest BCUT2D eigenvalue weighted by Gasteiger charge is 2.25. The zero-order valence-corrected chi connectivity index (χ0v) is 19.6. The van der Waals surface area contributed by atoms with E-state index in [1.807, 2.05) is 29.2 Å². The lowest BCUT2D eigenvalue weighted by atomic mass is 10.1. The van der Waals surface area contributed by atoms with Crippen LogP contribution in [-0.2, 0) is 4.74 Å². The summed E-state index contributed by atoms with van der Waals surface area (Å²) in [6, 6.07) is 14.0. The zero-order chi connectivity index (χ0) is 24.4. The van der Waals surface area contributed by atoms with Gasteiger partial charge in [0.05, 0.1) is 30.9 Å². The molecule has 10 heteroatoms. The van der Waals surface area contributed by atoms with Crippen LogP contribution in [0.2, 0.25) is 0 Å². The molecule has 182 valence electrons. The van der Waals surface area contributed by atoms with Crippen LogP contribution >= 0.6 is 0 Å². The third kappa shape index (κ3) is 4.57. The molecule has 0 atom stereocenters. The highest BCUT2D eigenvalue weighted by Crippen LogP contribution is 2.30.